The molecule has 0 fully saturated rings. The molecule has 5 aromatic rings. The van der Waals surface area contributed by atoms with Gasteiger partial charge >= 0.3 is 0 Å². The van der Waals surface area contributed by atoms with E-state index in [0.717, 1.165) is 39.3 Å². The van der Waals surface area contributed by atoms with E-state index in [2.05, 4.69) is 87.2 Å². The van der Waals surface area contributed by atoms with Crippen molar-refractivity contribution in [3.63, 3.8) is 0 Å². The Hall–Kier alpha value is -4.06. The standard InChI is InChI=1S/C33H27ClN2/c1-33(2,3)28-19-17-27(18-20-28)32-23-31(35-36(32)30-7-5-4-6-8-30)26-15-11-24(12-16-26)9-10-25-13-21-29(34)22-14-25/h4-8,11-23H,1-3H3. The molecular formula is C33H27ClN2. The van der Waals surface area contributed by atoms with Gasteiger partial charge in [0.15, 0.2) is 0 Å². The first-order valence-corrected chi connectivity index (χ1v) is 12.4. The molecule has 0 aliphatic carbocycles. The predicted octanol–water partition coefficient (Wildman–Crippen LogP) is 8.56. The minimum Gasteiger partial charge on any atom is -0.232 e. The molecule has 1 heterocycles. The van der Waals surface area contributed by atoms with Crippen LogP contribution in [0.1, 0.15) is 37.5 Å². The quantitative estimate of drug-likeness (QED) is 0.233. The van der Waals surface area contributed by atoms with E-state index in [1.807, 2.05) is 59.3 Å². The van der Waals surface area contributed by atoms with E-state index < -0.39 is 0 Å². The van der Waals surface area contributed by atoms with Gasteiger partial charge in [0.25, 0.3) is 0 Å². The Morgan fingerprint density at radius 3 is 1.81 bits per heavy atom. The molecule has 2 nitrogen and oxygen atoms in total. The van der Waals surface area contributed by atoms with Gasteiger partial charge < -0.3 is 0 Å². The van der Waals surface area contributed by atoms with Crippen LogP contribution in [0.5, 0.6) is 0 Å². The van der Waals surface area contributed by atoms with Crippen LogP contribution < -0.4 is 0 Å². The lowest BCUT2D eigenvalue weighted by molar-refractivity contribution is 0.590. The third-order valence-electron chi connectivity index (χ3n) is 6.13. The molecule has 0 aliphatic rings. The van der Waals surface area contributed by atoms with Gasteiger partial charge in [-0.25, -0.2) is 4.68 Å². The molecular weight excluding hydrogens is 460 g/mol. The monoisotopic (exact) mass is 486 g/mol. The van der Waals surface area contributed by atoms with Crippen LogP contribution in [0.3, 0.4) is 0 Å². The Kier molecular flexibility index (Phi) is 6.51. The first-order valence-electron chi connectivity index (χ1n) is 12.0. The van der Waals surface area contributed by atoms with E-state index in [0.29, 0.717) is 5.02 Å². The highest BCUT2D eigenvalue weighted by Gasteiger charge is 2.16. The van der Waals surface area contributed by atoms with E-state index in [9.17, 15) is 0 Å². The number of para-hydroxylation sites is 1. The van der Waals surface area contributed by atoms with Crippen molar-refractivity contribution in [3.05, 3.63) is 131 Å². The van der Waals surface area contributed by atoms with Gasteiger partial charge in [-0.05, 0) is 65.6 Å². The lowest BCUT2D eigenvalue weighted by atomic mass is 9.86. The van der Waals surface area contributed by atoms with Crippen molar-refractivity contribution in [2.75, 3.05) is 0 Å². The van der Waals surface area contributed by atoms with E-state index in [1.165, 1.54) is 5.56 Å². The average molecular weight is 487 g/mol. The molecule has 36 heavy (non-hydrogen) atoms. The van der Waals surface area contributed by atoms with Crippen LogP contribution in [0.2, 0.25) is 5.02 Å². The fourth-order valence-electron chi connectivity index (χ4n) is 4.04. The van der Waals surface area contributed by atoms with Crippen molar-refractivity contribution < 1.29 is 0 Å². The summed E-state index contributed by atoms with van der Waals surface area (Å²) >= 11 is 5.96. The molecule has 3 heteroatoms. The normalized spacial score (nSPS) is 11.1. The van der Waals surface area contributed by atoms with Gasteiger partial charge in [-0.1, -0.05) is 98.8 Å². The highest BCUT2D eigenvalue weighted by molar-refractivity contribution is 6.30. The van der Waals surface area contributed by atoms with E-state index in [-0.39, 0.29) is 5.41 Å². The zero-order chi connectivity index (χ0) is 25.1. The minimum atomic E-state index is 0.113. The molecule has 0 amide bonds. The Morgan fingerprint density at radius 2 is 1.22 bits per heavy atom. The first-order chi connectivity index (χ1) is 17.4. The highest BCUT2D eigenvalue weighted by Crippen LogP contribution is 2.31. The molecule has 0 spiro atoms. The van der Waals surface area contributed by atoms with Gasteiger partial charge in [-0.3, -0.25) is 0 Å². The zero-order valence-corrected chi connectivity index (χ0v) is 21.4. The van der Waals surface area contributed by atoms with Crippen LogP contribution in [-0.2, 0) is 5.41 Å². The smallest absolute Gasteiger partial charge is 0.0934 e. The molecule has 0 aliphatic heterocycles. The predicted molar refractivity (Wildman–Crippen MR) is 151 cm³/mol. The van der Waals surface area contributed by atoms with Gasteiger partial charge in [-0.15, -0.1) is 0 Å². The van der Waals surface area contributed by atoms with Gasteiger partial charge in [0.05, 0.1) is 17.1 Å². The summed E-state index contributed by atoms with van der Waals surface area (Å²) in [6, 6.07) is 37.0. The molecule has 5 rings (SSSR count). The number of benzene rings is 4. The van der Waals surface area contributed by atoms with Crippen LogP contribution in [0.4, 0.5) is 0 Å². The van der Waals surface area contributed by atoms with Crippen LogP contribution in [0.25, 0.3) is 28.2 Å². The molecule has 1 aromatic heterocycles. The van der Waals surface area contributed by atoms with Gasteiger partial charge in [-0.2, -0.15) is 5.10 Å². The molecule has 0 bridgehead atoms. The molecule has 0 atom stereocenters. The van der Waals surface area contributed by atoms with Crippen molar-refractivity contribution in [1.29, 1.82) is 0 Å². The second-order valence-corrected chi connectivity index (χ2v) is 10.3. The molecule has 0 saturated heterocycles. The Balaban J connectivity index is 1.49. The maximum Gasteiger partial charge on any atom is 0.0934 e. The minimum absolute atomic E-state index is 0.113. The number of nitrogens with zero attached hydrogens (tertiary/aromatic N) is 2. The summed E-state index contributed by atoms with van der Waals surface area (Å²) < 4.78 is 2.02. The first kappa shape index (κ1) is 23.7. The number of hydrogen-bond donors (Lipinski definition) is 0. The largest absolute Gasteiger partial charge is 0.232 e. The van der Waals surface area contributed by atoms with Crippen molar-refractivity contribution in [2.45, 2.75) is 26.2 Å². The second kappa shape index (κ2) is 9.90. The van der Waals surface area contributed by atoms with Crippen LogP contribution in [0, 0.1) is 11.8 Å². The van der Waals surface area contributed by atoms with E-state index in [1.54, 1.807) is 0 Å². The fraction of sp³-hybridized carbons (Fsp3) is 0.121. The van der Waals surface area contributed by atoms with E-state index >= 15 is 0 Å². The number of halogens is 1. The third kappa shape index (κ3) is 5.28. The van der Waals surface area contributed by atoms with Gasteiger partial charge in [0.2, 0.25) is 0 Å². The summed E-state index contributed by atoms with van der Waals surface area (Å²) in [5.74, 6) is 6.42. The van der Waals surface area contributed by atoms with Crippen molar-refractivity contribution >= 4 is 11.6 Å². The summed E-state index contributed by atoms with van der Waals surface area (Å²) in [5, 5.41) is 5.71. The van der Waals surface area contributed by atoms with Gasteiger partial charge in [0.1, 0.15) is 0 Å². The maximum atomic E-state index is 5.96. The Bertz CT molecular complexity index is 1530. The number of aromatic nitrogens is 2. The van der Waals surface area contributed by atoms with Gasteiger partial charge in [0, 0.05) is 27.3 Å². The molecule has 0 saturated carbocycles. The number of hydrogen-bond acceptors (Lipinski definition) is 1. The molecule has 0 N–H and O–H groups in total. The number of rotatable bonds is 3. The third-order valence-corrected chi connectivity index (χ3v) is 6.38. The Labute approximate surface area is 218 Å². The SMILES string of the molecule is CC(C)(C)c1ccc(-c2cc(-c3ccc(C#Cc4ccc(Cl)cc4)cc3)nn2-c2ccccc2)cc1. The van der Waals surface area contributed by atoms with Crippen LogP contribution in [-0.4, -0.2) is 9.78 Å². The topological polar surface area (TPSA) is 17.8 Å². The summed E-state index contributed by atoms with van der Waals surface area (Å²) in [7, 11) is 0. The van der Waals surface area contributed by atoms with Crippen LogP contribution >= 0.6 is 11.6 Å². The van der Waals surface area contributed by atoms with Crippen molar-refractivity contribution in [3.8, 4) is 40.0 Å². The average Bonchev–Trinajstić information content (AvgIpc) is 3.34. The Morgan fingerprint density at radius 1 is 0.667 bits per heavy atom. The van der Waals surface area contributed by atoms with Crippen LogP contribution in [0.15, 0.2) is 109 Å². The summed E-state index contributed by atoms with van der Waals surface area (Å²) in [4.78, 5) is 0. The lowest BCUT2D eigenvalue weighted by Crippen LogP contribution is -2.10. The summed E-state index contributed by atoms with van der Waals surface area (Å²) in [5.41, 5.74) is 8.51. The molecule has 4 aromatic carbocycles. The summed E-state index contributed by atoms with van der Waals surface area (Å²) in [6.07, 6.45) is 0. The maximum absolute atomic E-state index is 5.96. The van der Waals surface area contributed by atoms with Crippen molar-refractivity contribution in [1.82, 2.24) is 9.78 Å². The van der Waals surface area contributed by atoms with E-state index in [4.69, 9.17) is 16.7 Å². The highest BCUT2D eigenvalue weighted by atomic mass is 35.5. The molecule has 0 radical (unpaired) electrons. The van der Waals surface area contributed by atoms with Crippen molar-refractivity contribution in [2.24, 2.45) is 0 Å². The summed E-state index contributed by atoms with van der Waals surface area (Å²) in [6.45, 7) is 6.70. The molecule has 176 valence electrons. The lowest BCUT2D eigenvalue weighted by Gasteiger charge is -2.19. The molecule has 0 unspecified atom stereocenters. The second-order valence-electron chi connectivity index (χ2n) is 9.82. The zero-order valence-electron chi connectivity index (χ0n) is 20.7. The fourth-order valence-corrected chi connectivity index (χ4v) is 4.16.